The zero-order valence-electron chi connectivity index (χ0n) is 17.0. The number of nitrogens with zero attached hydrogens (tertiary/aromatic N) is 4. The Balaban J connectivity index is 1.36. The second kappa shape index (κ2) is 8.91. The van der Waals surface area contributed by atoms with Gasteiger partial charge in [-0.3, -0.25) is 14.4 Å². The molecule has 1 saturated heterocycles. The number of benzene rings is 1. The normalized spacial score (nSPS) is 21.5. The molecule has 0 unspecified atom stereocenters. The van der Waals surface area contributed by atoms with Crippen LogP contribution in [-0.2, 0) is 24.9 Å². The highest BCUT2D eigenvalue weighted by Crippen LogP contribution is 2.31. The second-order valence-electron chi connectivity index (χ2n) is 8.22. The monoisotopic (exact) mass is 396 g/mol. The molecule has 2 aromatic rings. The maximum Gasteiger partial charge on any atom is 0.226 e. The number of hydrogen-bond acceptors (Lipinski definition) is 3. The van der Waals surface area contributed by atoms with Crippen LogP contribution < -0.4 is 0 Å². The van der Waals surface area contributed by atoms with Crippen molar-refractivity contribution in [3.8, 4) is 0 Å². The number of carbonyl (C=O) groups excluding carboxylic acids is 1. The predicted molar refractivity (Wildman–Crippen MR) is 110 cm³/mol. The van der Waals surface area contributed by atoms with E-state index in [1.165, 1.54) is 17.8 Å². The van der Waals surface area contributed by atoms with Crippen molar-refractivity contribution in [3.63, 3.8) is 0 Å². The lowest BCUT2D eigenvalue weighted by molar-refractivity contribution is -0.137. The van der Waals surface area contributed by atoms with Gasteiger partial charge in [0, 0.05) is 38.8 Å². The zero-order valence-corrected chi connectivity index (χ0v) is 17.0. The molecule has 1 atom stereocenters. The molecule has 2 aliphatic heterocycles. The summed E-state index contributed by atoms with van der Waals surface area (Å²) in [6.07, 6.45) is 9.02. The summed E-state index contributed by atoms with van der Waals surface area (Å²) in [5.41, 5.74) is 2.20. The molecule has 1 amide bonds. The topological polar surface area (TPSA) is 41.4 Å². The third-order valence-electron chi connectivity index (χ3n) is 6.31. The summed E-state index contributed by atoms with van der Waals surface area (Å²) < 4.78 is 15.1. The maximum atomic E-state index is 13.3. The molecule has 6 heteroatoms. The summed E-state index contributed by atoms with van der Waals surface area (Å²) in [6, 6.07) is 8.53. The Bertz CT molecular complexity index is 852. The van der Waals surface area contributed by atoms with E-state index >= 15 is 0 Å². The van der Waals surface area contributed by atoms with Gasteiger partial charge in [0.2, 0.25) is 5.91 Å². The van der Waals surface area contributed by atoms with E-state index in [4.69, 9.17) is 0 Å². The van der Waals surface area contributed by atoms with E-state index in [2.05, 4.69) is 28.2 Å². The zero-order chi connectivity index (χ0) is 20.2. The third-order valence-corrected chi connectivity index (χ3v) is 6.31. The molecule has 0 aliphatic carbocycles. The van der Waals surface area contributed by atoms with Crippen LogP contribution in [0.2, 0.25) is 0 Å². The van der Waals surface area contributed by atoms with Crippen LogP contribution in [-0.4, -0.2) is 45.1 Å². The molecule has 5 nitrogen and oxygen atoms in total. The van der Waals surface area contributed by atoms with Gasteiger partial charge in [0.05, 0.1) is 5.69 Å². The molecule has 0 saturated carbocycles. The molecule has 0 N–H and O–H groups in total. The quantitative estimate of drug-likeness (QED) is 0.728. The van der Waals surface area contributed by atoms with Gasteiger partial charge in [-0.1, -0.05) is 24.3 Å². The number of hydrogen-bond donors (Lipinski definition) is 0. The summed E-state index contributed by atoms with van der Waals surface area (Å²) in [4.78, 5) is 17.7. The van der Waals surface area contributed by atoms with Crippen LogP contribution in [0.15, 0.2) is 48.7 Å². The van der Waals surface area contributed by atoms with Gasteiger partial charge in [0.25, 0.3) is 0 Å². The number of likely N-dealkylation sites (tertiary alicyclic amines) is 1. The Morgan fingerprint density at radius 3 is 2.52 bits per heavy atom. The van der Waals surface area contributed by atoms with Crippen LogP contribution in [0, 0.1) is 17.7 Å². The summed E-state index contributed by atoms with van der Waals surface area (Å²) in [5, 5.41) is 4.25. The van der Waals surface area contributed by atoms with Gasteiger partial charge in [0.15, 0.2) is 0 Å². The average molecular weight is 397 g/mol. The molecule has 2 aliphatic rings. The Hall–Kier alpha value is -2.47. The first-order valence-corrected chi connectivity index (χ1v) is 10.5. The van der Waals surface area contributed by atoms with E-state index in [0.29, 0.717) is 19.0 Å². The van der Waals surface area contributed by atoms with Crippen molar-refractivity contribution in [2.75, 3.05) is 19.6 Å². The van der Waals surface area contributed by atoms with Crippen molar-refractivity contribution < 1.29 is 9.18 Å². The minimum absolute atomic E-state index is 0.0491. The van der Waals surface area contributed by atoms with Crippen molar-refractivity contribution in [2.24, 2.45) is 18.9 Å². The SMILES string of the molecule is Cn1nccc1CN1CCC([C@@H]2CC=CCN(Cc3ccc(F)cc3)C2=O)CC1. The standard InChI is InChI=1S/C23H29FN4O/c1-26-21(9-12-25-26)17-27-14-10-19(11-15-27)22-4-2-3-13-28(23(22)29)16-18-5-7-20(24)8-6-18/h2-3,5-9,12,19,22H,4,10-11,13-17H2,1H3/t22-/m0/s1. The predicted octanol–water partition coefficient (Wildman–Crippen LogP) is 3.38. The van der Waals surface area contributed by atoms with E-state index < -0.39 is 0 Å². The van der Waals surface area contributed by atoms with E-state index in [-0.39, 0.29) is 17.6 Å². The first-order valence-electron chi connectivity index (χ1n) is 10.5. The summed E-state index contributed by atoms with van der Waals surface area (Å²) in [7, 11) is 1.98. The first kappa shape index (κ1) is 19.8. The summed E-state index contributed by atoms with van der Waals surface area (Å²) in [6.45, 7) is 4.12. The molecule has 1 fully saturated rings. The van der Waals surface area contributed by atoms with Gasteiger partial charge in [-0.2, -0.15) is 5.10 Å². The van der Waals surface area contributed by atoms with Gasteiger partial charge in [0.1, 0.15) is 5.82 Å². The Labute approximate surface area is 171 Å². The van der Waals surface area contributed by atoms with Crippen molar-refractivity contribution in [1.29, 1.82) is 0 Å². The van der Waals surface area contributed by atoms with Gasteiger partial charge in [-0.25, -0.2) is 4.39 Å². The number of amides is 1. The van der Waals surface area contributed by atoms with Crippen molar-refractivity contribution in [1.82, 2.24) is 19.6 Å². The van der Waals surface area contributed by atoms with E-state index in [1.54, 1.807) is 12.1 Å². The lowest BCUT2D eigenvalue weighted by Crippen LogP contribution is -2.42. The first-order chi connectivity index (χ1) is 14.1. The number of aryl methyl sites for hydroxylation is 1. The molecular formula is C23H29FN4O. The van der Waals surface area contributed by atoms with Crippen LogP contribution >= 0.6 is 0 Å². The Morgan fingerprint density at radius 2 is 1.83 bits per heavy atom. The molecular weight excluding hydrogens is 367 g/mol. The maximum absolute atomic E-state index is 13.3. The van der Waals surface area contributed by atoms with Crippen LogP contribution in [0.25, 0.3) is 0 Å². The minimum Gasteiger partial charge on any atom is -0.334 e. The number of rotatable bonds is 5. The largest absolute Gasteiger partial charge is 0.334 e. The number of aromatic nitrogens is 2. The Morgan fingerprint density at radius 1 is 1.07 bits per heavy atom. The van der Waals surface area contributed by atoms with E-state index in [1.807, 2.05) is 22.8 Å². The fraction of sp³-hybridized carbons (Fsp3) is 0.478. The number of carbonyl (C=O) groups is 1. The Kier molecular flexibility index (Phi) is 6.09. The van der Waals surface area contributed by atoms with Crippen LogP contribution in [0.5, 0.6) is 0 Å². The van der Waals surface area contributed by atoms with Gasteiger partial charge in [-0.15, -0.1) is 0 Å². The molecule has 4 rings (SSSR count). The van der Waals surface area contributed by atoms with Gasteiger partial charge in [-0.05, 0) is 62.0 Å². The van der Waals surface area contributed by atoms with Crippen LogP contribution in [0.3, 0.4) is 0 Å². The van der Waals surface area contributed by atoms with Gasteiger partial charge >= 0.3 is 0 Å². The second-order valence-corrected chi connectivity index (χ2v) is 8.22. The van der Waals surface area contributed by atoms with Crippen LogP contribution in [0.1, 0.15) is 30.5 Å². The van der Waals surface area contributed by atoms with E-state index in [0.717, 1.165) is 44.5 Å². The highest BCUT2D eigenvalue weighted by molar-refractivity contribution is 5.80. The molecule has 0 spiro atoms. The molecule has 29 heavy (non-hydrogen) atoms. The lowest BCUT2D eigenvalue weighted by atomic mass is 9.81. The van der Waals surface area contributed by atoms with Crippen LogP contribution in [0.4, 0.5) is 4.39 Å². The van der Waals surface area contributed by atoms with Crippen molar-refractivity contribution >= 4 is 5.91 Å². The number of halogens is 1. The molecule has 1 aromatic heterocycles. The molecule has 1 aromatic carbocycles. The van der Waals surface area contributed by atoms with E-state index in [9.17, 15) is 9.18 Å². The van der Waals surface area contributed by atoms with Gasteiger partial charge < -0.3 is 4.90 Å². The fourth-order valence-electron chi connectivity index (χ4n) is 4.52. The summed E-state index contributed by atoms with van der Waals surface area (Å²) >= 11 is 0. The fourth-order valence-corrected chi connectivity index (χ4v) is 4.52. The van der Waals surface area contributed by atoms with Crippen molar-refractivity contribution in [2.45, 2.75) is 32.4 Å². The third kappa shape index (κ3) is 4.75. The number of allylic oxidation sites excluding steroid dienone is 1. The molecule has 0 radical (unpaired) electrons. The number of piperidine rings is 1. The lowest BCUT2D eigenvalue weighted by Gasteiger charge is -2.36. The average Bonchev–Trinajstić information content (AvgIpc) is 3.04. The molecule has 3 heterocycles. The molecule has 154 valence electrons. The molecule has 0 bridgehead atoms. The highest BCUT2D eigenvalue weighted by atomic mass is 19.1. The minimum atomic E-state index is -0.244. The highest BCUT2D eigenvalue weighted by Gasteiger charge is 2.34. The van der Waals surface area contributed by atoms with Crippen molar-refractivity contribution in [3.05, 3.63) is 65.8 Å². The summed E-state index contributed by atoms with van der Waals surface area (Å²) in [5.74, 6) is 0.466. The smallest absolute Gasteiger partial charge is 0.226 e.